The minimum atomic E-state index is -1.12. The SMILES string of the molecule is O=C(Cn1cnc([N+](=O)[O-])c1)c1ccc(F)c(F)c1. The molecule has 0 aliphatic carbocycles. The summed E-state index contributed by atoms with van der Waals surface area (Å²) in [6.45, 7) is -0.244. The predicted molar refractivity (Wildman–Crippen MR) is 59.6 cm³/mol. The minimum absolute atomic E-state index is 0.0183. The Morgan fingerprint density at radius 3 is 2.68 bits per heavy atom. The van der Waals surface area contributed by atoms with E-state index in [-0.39, 0.29) is 12.1 Å². The highest BCUT2D eigenvalue weighted by Crippen LogP contribution is 2.11. The Morgan fingerprint density at radius 2 is 2.11 bits per heavy atom. The van der Waals surface area contributed by atoms with Crippen LogP contribution < -0.4 is 0 Å². The number of Topliss-reactive ketones (excluding diaryl/α,β-unsaturated/α-hetero) is 1. The van der Waals surface area contributed by atoms with Crippen LogP contribution in [-0.4, -0.2) is 20.3 Å². The molecule has 0 aliphatic rings. The van der Waals surface area contributed by atoms with Gasteiger partial charge in [0, 0.05) is 5.56 Å². The molecule has 0 N–H and O–H groups in total. The summed E-state index contributed by atoms with van der Waals surface area (Å²) in [4.78, 5) is 24.9. The number of hydrogen-bond acceptors (Lipinski definition) is 4. The molecule has 0 spiro atoms. The van der Waals surface area contributed by atoms with Gasteiger partial charge >= 0.3 is 5.82 Å². The van der Waals surface area contributed by atoms with E-state index >= 15 is 0 Å². The molecule has 0 bridgehead atoms. The predicted octanol–water partition coefficient (Wildman–Crippen LogP) is 1.95. The summed E-state index contributed by atoms with van der Waals surface area (Å²) >= 11 is 0. The van der Waals surface area contributed by atoms with Crippen molar-refractivity contribution in [2.75, 3.05) is 0 Å². The van der Waals surface area contributed by atoms with Crippen molar-refractivity contribution in [3.63, 3.8) is 0 Å². The summed E-state index contributed by atoms with van der Waals surface area (Å²) < 4.78 is 26.9. The van der Waals surface area contributed by atoms with Crippen LogP contribution in [0.4, 0.5) is 14.6 Å². The maximum absolute atomic E-state index is 13.0. The van der Waals surface area contributed by atoms with Gasteiger partial charge < -0.3 is 14.7 Å². The number of aromatic nitrogens is 2. The van der Waals surface area contributed by atoms with Gasteiger partial charge in [-0.3, -0.25) is 4.79 Å². The molecule has 1 aromatic carbocycles. The average molecular weight is 267 g/mol. The van der Waals surface area contributed by atoms with Gasteiger partial charge in [-0.25, -0.2) is 8.78 Å². The van der Waals surface area contributed by atoms with Gasteiger partial charge in [0.15, 0.2) is 17.4 Å². The fourth-order valence-electron chi connectivity index (χ4n) is 1.46. The molecule has 19 heavy (non-hydrogen) atoms. The van der Waals surface area contributed by atoms with Crippen molar-refractivity contribution in [2.45, 2.75) is 6.54 Å². The molecule has 8 heteroatoms. The van der Waals surface area contributed by atoms with Gasteiger partial charge in [0.1, 0.15) is 6.20 Å². The normalized spacial score (nSPS) is 10.4. The second-order valence-corrected chi connectivity index (χ2v) is 3.71. The van der Waals surface area contributed by atoms with Crippen LogP contribution in [0, 0.1) is 21.7 Å². The number of imidazole rings is 1. The summed E-state index contributed by atoms with van der Waals surface area (Å²) in [6, 6.07) is 2.77. The first-order valence-corrected chi connectivity index (χ1v) is 5.12. The third-order valence-electron chi connectivity index (χ3n) is 2.37. The van der Waals surface area contributed by atoms with Crippen LogP contribution in [0.15, 0.2) is 30.7 Å². The van der Waals surface area contributed by atoms with Crippen LogP contribution in [0.5, 0.6) is 0 Å². The maximum Gasteiger partial charge on any atom is 0.381 e. The molecule has 2 aromatic rings. The van der Waals surface area contributed by atoms with E-state index in [1.54, 1.807) is 0 Å². The number of carbonyl (C=O) groups excluding carboxylic acids is 1. The highest BCUT2D eigenvalue weighted by atomic mass is 19.2. The standard InChI is InChI=1S/C11H7F2N3O3/c12-8-2-1-7(3-9(8)13)10(17)4-15-5-11(14-6-15)16(18)19/h1-3,5-6H,4H2. The van der Waals surface area contributed by atoms with Gasteiger partial charge in [0.25, 0.3) is 0 Å². The molecule has 0 saturated heterocycles. The van der Waals surface area contributed by atoms with Gasteiger partial charge in [-0.1, -0.05) is 0 Å². The van der Waals surface area contributed by atoms with Crippen molar-refractivity contribution in [3.8, 4) is 0 Å². The molecule has 0 radical (unpaired) electrons. The molecule has 1 aromatic heterocycles. The lowest BCUT2D eigenvalue weighted by molar-refractivity contribution is -0.389. The Hall–Kier alpha value is -2.64. The first-order valence-electron chi connectivity index (χ1n) is 5.12. The Labute approximate surface area is 105 Å². The molecule has 0 atom stereocenters. The monoisotopic (exact) mass is 267 g/mol. The van der Waals surface area contributed by atoms with Crippen molar-refractivity contribution >= 4 is 11.6 Å². The fourth-order valence-corrected chi connectivity index (χ4v) is 1.46. The number of nitro groups is 1. The lowest BCUT2D eigenvalue weighted by Crippen LogP contribution is -2.09. The second kappa shape index (κ2) is 4.92. The van der Waals surface area contributed by atoms with E-state index in [0.717, 1.165) is 30.7 Å². The molecule has 1 heterocycles. The van der Waals surface area contributed by atoms with E-state index < -0.39 is 28.2 Å². The summed E-state index contributed by atoms with van der Waals surface area (Å²) in [5, 5.41) is 10.4. The molecular weight excluding hydrogens is 260 g/mol. The quantitative estimate of drug-likeness (QED) is 0.482. The van der Waals surface area contributed by atoms with Gasteiger partial charge in [0.2, 0.25) is 6.33 Å². The minimum Gasteiger partial charge on any atom is -0.358 e. The molecule has 2 rings (SSSR count). The third-order valence-corrected chi connectivity index (χ3v) is 2.37. The Kier molecular flexibility index (Phi) is 3.32. The van der Waals surface area contributed by atoms with E-state index in [1.165, 1.54) is 4.57 Å². The summed E-state index contributed by atoms with van der Waals surface area (Å²) in [6.07, 6.45) is 2.20. The van der Waals surface area contributed by atoms with Gasteiger partial charge in [0.05, 0.1) is 6.54 Å². The zero-order valence-corrected chi connectivity index (χ0v) is 9.42. The average Bonchev–Trinajstić information content (AvgIpc) is 2.81. The number of hydrogen-bond donors (Lipinski definition) is 0. The number of ketones is 1. The molecule has 0 amide bonds. The first-order chi connectivity index (χ1) is 8.97. The number of benzene rings is 1. The molecular formula is C11H7F2N3O3. The van der Waals surface area contributed by atoms with E-state index in [4.69, 9.17) is 0 Å². The Balaban J connectivity index is 2.15. The fraction of sp³-hybridized carbons (Fsp3) is 0.0909. The number of rotatable bonds is 4. The first kappa shape index (κ1) is 12.8. The smallest absolute Gasteiger partial charge is 0.358 e. The number of nitrogens with zero attached hydrogens (tertiary/aromatic N) is 3. The van der Waals surface area contributed by atoms with Gasteiger partial charge in [-0.15, -0.1) is 0 Å². The molecule has 0 fully saturated rings. The zero-order valence-electron chi connectivity index (χ0n) is 9.42. The van der Waals surface area contributed by atoms with Crippen molar-refractivity contribution in [1.82, 2.24) is 9.55 Å². The van der Waals surface area contributed by atoms with E-state index in [0.29, 0.717) is 0 Å². The Morgan fingerprint density at radius 1 is 1.37 bits per heavy atom. The van der Waals surface area contributed by atoms with Crippen LogP contribution in [0.25, 0.3) is 0 Å². The largest absolute Gasteiger partial charge is 0.381 e. The van der Waals surface area contributed by atoms with Crippen LogP contribution in [0.2, 0.25) is 0 Å². The topological polar surface area (TPSA) is 78.0 Å². The van der Waals surface area contributed by atoms with E-state index in [2.05, 4.69) is 4.98 Å². The van der Waals surface area contributed by atoms with E-state index in [1.807, 2.05) is 0 Å². The van der Waals surface area contributed by atoms with Crippen molar-refractivity contribution < 1.29 is 18.5 Å². The molecule has 6 nitrogen and oxygen atoms in total. The van der Waals surface area contributed by atoms with Gasteiger partial charge in [-0.05, 0) is 28.1 Å². The van der Waals surface area contributed by atoms with Crippen LogP contribution >= 0.6 is 0 Å². The summed E-state index contributed by atoms with van der Waals surface area (Å²) in [7, 11) is 0. The highest BCUT2D eigenvalue weighted by molar-refractivity contribution is 5.95. The van der Waals surface area contributed by atoms with Crippen LogP contribution in [-0.2, 0) is 6.54 Å². The summed E-state index contributed by atoms with van der Waals surface area (Å²) in [5.74, 6) is -3.07. The third kappa shape index (κ3) is 2.79. The highest BCUT2D eigenvalue weighted by Gasteiger charge is 2.14. The Bertz CT molecular complexity index is 654. The van der Waals surface area contributed by atoms with Crippen molar-refractivity contribution in [1.29, 1.82) is 0 Å². The molecule has 0 aliphatic heterocycles. The van der Waals surface area contributed by atoms with E-state index in [9.17, 15) is 23.7 Å². The van der Waals surface area contributed by atoms with Crippen LogP contribution in [0.3, 0.4) is 0 Å². The molecule has 98 valence electrons. The molecule has 0 saturated carbocycles. The maximum atomic E-state index is 13.0. The lowest BCUT2D eigenvalue weighted by Gasteiger charge is -2.01. The second-order valence-electron chi connectivity index (χ2n) is 3.71. The number of carbonyl (C=O) groups is 1. The lowest BCUT2D eigenvalue weighted by atomic mass is 10.1. The molecule has 0 unspecified atom stereocenters. The van der Waals surface area contributed by atoms with Crippen LogP contribution in [0.1, 0.15) is 10.4 Å². The van der Waals surface area contributed by atoms with Crippen molar-refractivity contribution in [3.05, 3.63) is 58.0 Å². The number of halogens is 2. The zero-order chi connectivity index (χ0) is 14.0. The van der Waals surface area contributed by atoms with Gasteiger partial charge in [-0.2, -0.15) is 0 Å². The summed E-state index contributed by atoms with van der Waals surface area (Å²) in [5.41, 5.74) is -0.0183. The van der Waals surface area contributed by atoms with Crippen molar-refractivity contribution in [2.24, 2.45) is 0 Å².